The van der Waals surface area contributed by atoms with E-state index in [4.69, 9.17) is 0 Å². The fourth-order valence-electron chi connectivity index (χ4n) is 4.98. The van der Waals surface area contributed by atoms with Crippen LogP contribution in [0.4, 0.5) is 0 Å². The molecular weight excluding hydrogens is 551 g/mol. The third-order valence-corrected chi connectivity index (χ3v) is 30.5. The van der Waals surface area contributed by atoms with Crippen LogP contribution in [0.2, 0.25) is 3.12 Å². The van der Waals surface area contributed by atoms with Gasteiger partial charge < -0.3 is 0 Å². The molecule has 1 atom stereocenters. The number of hydrogen-bond acceptors (Lipinski definition) is 0. The van der Waals surface area contributed by atoms with Gasteiger partial charge in [-0.25, -0.2) is 0 Å². The summed E-state index contributed by atoms with van der Waals surface area (Å²) in [6, 6.07) is 19.9. The summed E-state index contributed by atoms with van der Waals surface area (Å²) in [6.45, 7) is 11.7. The molecule has 0 heterocycles. The van der Waals surface area contributed by atoms with E-state index in [2.05, 4.69) is 120 Å². The summed E-state index contributed by atoms with van der Waals surface area (Å²) < 4.78 is 0.486. The molecular formula is C25H26Br2Zr. The van der Waals surface area contributed by atoms with E-state index in [0.29, 0.717) is 3.63 Å². The second kappa shape index (κ2) is 7.33. The normalized spacial score (nSPS) is 21.2. The molecule has 0 bridgehead atoms. The first-order chi connectivity index (χ1) is 13.2. The number of rotatable bonds is 3. The molecule has 3 heteroatoms. The quantitative estimate of drug-likeness (QED) is 0.342. The zero-order valence-electron chi connectivity index (χ0n) is 17.1. The van der Waals surface area contributed by atoms with Crippen molar-refractivity contribution in [2.75, 3.05) is 0 Å². The van der Waals surface area contributed by atoms with Gasteiger partial charge in [0.2, 0.25) is 0 Å². The standard InChI is InChI=1S/C15H11.C10H15.2BrH.Zr/c1-2-6-12(7-3-1)15-10-13-8-4-5-9-14(13)11-15;1-6-7(2)9(4)10(5)8(6)3;;;/h1-11H;1-5H3;2*1H;/q;;;;+2/p-2. The minimum absolute atomic E-state index is 0.0822. The molecule has 2 aromatic rings. The van der Waals surface area contributed by atoms with Gasteiger partial charge in [0.1, 0.15) is 0 Å². The third kappa shape index (κ3) is 2.83. The van der Waals surface area contributed by atoms with Crippen molar-refractivity contribution in [1.29, 1.82) is 0 Å². The van der Waals surface area contributed by atoms with Gasteiger partial charge in [0.15, 0.2) is 0 Å². The molecule has 0 aromatic heterocycles. The zero-order chi connectivity index (χ0) is 20.3. The Morgan fingerprint density at radius 1 is 0.786 bits per heavy atom. The summed E-state index contributed by atoms with van der Waals surface area (Å²) in [5.41, 5.74) is 11.6. The molecule has 0 nitrogen and oxygen atoms in total. The van der Waals surface area contributed by atoms with Crippen LogP contribution in [0, 0.1) is 0 Å². The Labute approximate surface area is 185 Å². The molecule has 1 unspecified atom stereocenters. The molecule has 0 radical (unpaired) electrons. The number of allylic oxidation sites excluding steroid dienone is 5. The van der Waals surface area contributed by atoms with Gasteiger partial charge in [-0.15, -0.1) is 0 Å². The molecule has 2 aliphatic rings. The molecule has 0 fully saturated rings. The second-order valence-electron chi connectivity index (χ2n) is 8.28. The summed E-state index contributed by atoms with van der Waals surface area (Å²) in [6.07, 6.45) is 2.42. The molecule has 0 N–H and O–H groups in total. The van der Waals surface area contributed by atoms with E-state index in [1.807, 2.05) is 0 Å². The van der Waals surface area contributed by atoms with Crippen molar-refractivity contribution < 1.29 is 15.6 Å². The second-order valence-corrected chi connectivity index (χ2v) is 36.3. The van der Waals surface area contributed by atoms with Gasteiger partial charge in [-0.2, -0.15) is 0 Å². The van der Waals surface area contributed by atoms with Crippen LogP contribution in [0.25, 0.3) is 11.6 Å². The van der Waals surface area contributed by atoms with Crippen molar-refractivity contribution in [2.45, 2.75) is 41.4 Å². The maximum atomic E-state index is 4.45. The van der Waals surface area contributed by atoms with Crippen LogP contribution in [0.1, 0.15) is 54.9 Å². The Morgan fingerprint density at radius 2 is 1.32 bits per heavy atom. The van der Waals surface area contributed by atoms with Crippen LogP contribution in [-0.2, 0) is 15.6 Å². The summed E-state index contributed by atoms with van der Waals surface area (Å²) >= 11 is 5.71. The summed E-state index contributed by atoms with van der Waals surface area (Å²) in [4.78, 5) is 0. The fourth-order valence-corrected chi connectivity index (χ4v) is 25.8. The van der Waals surface area contributed by atoms with Crippen molar-refractivity contribution in [3.05, 3.63) is 93.6 Å². The van der Waals surface area contributed by atoms with Crippen molar-refractivity contribution in [3.63, 3.8) is 0 Å². The molecule has 4 rings (SSSR count). The number of fused-ring (bicyclic) bond motifs is 1. The first-order valence-corrected chi connectivity index (χ1v) is 23.7. The molecule has 144 valence electrons. The Bertz CT molecular complexity index is 1020. The average molecular weight is 578 g/mol. The van der Waals surface area contributed by atoms with Crippen LogP contribution >= 0.6 is 24.4 Å². The van der Waals surface area contributed by atoms with Crippen molar-refractivity contribution in [2.24, 2.45) is 0 Å². The van der Waals surface area contributed by atoms with Crippen LogP contribution in [0.3, 0.4) is 0 Å². The number of halogens is 2. The molecule has 0 aliphatic heterocycles. The van der Waals surface area contributed by atoms with Gasteiger partial charge in [0.25, 0.3) is 0 Å². The van der Waals surface area contributed by atoms with Crippen molar-refractivity contribution >= 4 is 36.1 Å². The fraction of sp³-hybridized carbons (Fsp3) is 0.280. The van der Waals surface area contributed by atoms with Gasteiger partial charge in [-0.05, 0) is 0 Å². The van der Waals surface area contributed by atoms with Gasteiger partial charge in [-0.1, -0.05) is 0 Å². The SMILES string of the molecule is CC1=C(C)[C](C)([Zr]([Br])([Br])[CH]2C(c3ccccc3)=Cc3ccccc32)C(C)=C1C. The van der Waals surface area contributed by atoms with Crippen molar-refractivity contribution in [1.82, 2.24) is 0 Å². The molecule has 28 heavy (non-hydrogen) atoms. The van der Waals surface area contributed by atoms with Crippen LogP contribution in [0.5, 0.6) is 0 Å². The van der Waals surface area contributed by atoms with E-state index in [-0.39, 0.29) is 3.12 Å². The van der Waals surface area contributed by atoms with E-state index >= 15 is 0 Å². The predicted octanol–water partition coefficient (Wildman–Crippen LogP) is 8.92. The molecule has 0 amide bonds. The Kier molecular flexibility index (Phi) is 5.43. The molecule has 2 aromatic carbocycles. The summed E-state index contributed by atoms with van der Waals surface area (Å²) in [7, 11) is 0. The minimum atomic E-state index is -3.19. The van der Waals surface area contributed by atoms with E-state index in [0.717, 1.165) is 0 Å². The summed E-state index contributed by atoms with van der Waals surface area (Å²) in [5, 5.41) is 0. The molecule has 2 aliphatic carbocycles. The Balaban J connectivity index is 1.94. The topological polar surface area (TPSA) is 0 Å². The number of hydrogen-bond donors (Lipinski definition) is 0. The van der Waals surface area contributed by atoms with Crippen LogP contribution < -0.4 is 0 Å². The van der Waals surface area contributed by atoms with Gasteiger partial charge >= 0.3 is 187 Å². The van der Waals surface area contributed by atoms with Crippen molar-refractivity contribution in [3.8, 4) is 0 Å². The number of benzene rings is 2. The van der Waals surface area contributed by atoms with Crippen LogP contribution in [-0.4, -0.2) is 0 Å². The molecule has 0 saturated carbocycles. The van der Waals surface area contributed by atoms with E-state index in [1.165, 1.54) is 44.6 Å². The molecule has 0 saturated heterocycles. The Hall–Kier alpha value is -0.497. The van der Waals surface area contributed by atoms with Gasteiger partial charge in [-0.3, -0.25) is 0 Å². The first kappa shape index (κ1) is 20.8. The molecule has 0 spiro atoms. The van der Waals surface area contributed by atoms with Crippen LogP contribution in [0.15, 0.2) is 76.9 Å². The van der Waals surface area contributed by atoms with E-state index < -0.39 is 15.6 Å². The maximum absolute atomic E-state index is 4.45. The average Bonchev–Trinajstić information content (AvgIpc) is 3.17. The third-order valence-electron chi connectivity index (χ3n) is 7.25. The van der Waals surface area contributed by atoms with Gasteiger partial charge in [0, 0.05) is 0 Å². The van der Waals surface area contributed by atoms with E-state index in [1.54, 1.807) is 0 Å². The predicted molar refractivity (Wildman–Crippen MR) is 126 cm³/mol. The first-order valence-electron chi connectivity index (χ1n) is 9.81. The summed E-state index contributed by atoms with van der Waals surface area (Å²) in [5.74, 6) is 0. The Morgan fingerprint density at radius 3 is 1.93 bits per heavy atom. The zero-order valence-corrected chi connectivity index (χ0v) is 22.7. The monoisotopic (exact) mass is 574 g/mol. The van der Waals surface area contributed by atoms with Gasteiger partial charge in [0.05, 0.1) is 0 Å². The van der Waals surface area contributed by atoms with E-state index in [9.17, 15) is 0 Å².